The Hall–Kier alpha value is -3.62. The first-order valence-electron chi connectivity index (χ1n) is 11.0. The van der Waals surface area contributed by atoms with E-state index in [0.717, 1.165) is 16.5 Å². The van der Waals surface area contributed by atoms with Crippen molar-refractivity contribution < 1.29 is 9.59 Å². The Morgan fingerprint density at radius 1 is 1.09 bits per heavy atom. The summed E-state index contributed by atoms with van der Waals surface area (Å²) >= 11 is 7.41. The molecule has 0 saturated heterocycles. The molecule has 0 aliphatic rings. The lowest BCUT2D eigenvalue weighted by Gasteiger charge is -2.15. The number of carbonyl (C=O) groups excluding carboxylic acids is 2. The molecule has 2 amide bonds. The molecule has 4 aromatic rings. The number of anilines is 1. The zero-order valence-corrected chi connectivity index (χ0v) is 20.6. The third kappa shape index (κ3) is 5.90. The molecule has 35 heavy (non-hydrogen) atoms. The van der Waals surface area contributed by atoms with Crippen LogP contribution in [0.4, 0.5) is 5.69 Å². The third-order valence-corrected chi connectivity index (χ3v) is 6.57. The molecule has 7 nitrogen and oxygen atoms in total. The molecule has 0 fully saturated rings. The van der Waals surface area contributed by atoms with Gasteiger partial charge in [-0.05, 0) is 42.0 Å². The second-order valence-corrected chi connectivity index (χ2v) is 9.16. The van der Waals surface area contributed by atoms with Crippen LogP contribution in [0.2, 0.25) is 5.02 Å². The summed E-state index contributed by atoms with van der Waals surface area (Å²) in [5, 5.41) is 17.4. The minimum absolute atomic E-state index is 0.153. The first-order valence-corrected chi connectivity index (χ1v) is 12.3. The molecule has 9 heteroatoms. The summed E-state index contributed by atoms with van der Waals surface area (Å²) in [6.07, 6.45) is 1.72. The van der Waals surface area contributed by atoms with Gasteiger partial charge < -0.3 is 15.2 Å². The SMILES string of the molecule is C=CCn1c(SCC(=O)Nc2ccc3ccccc3c2)nnc1[C@@H](C)NC(=O)c1ccccc1Cl. The maximum atomic E-state index is 12.7. The number of rotatable bonds is 9. The fourth-order valence-electron chi connectivity index (χ4n) is 3.61. The van der Waals surface area contributed by atoms with Gasteiger partial charge in [0, 0.05) is 12.2 Å². The van der Waals surface area contributed by atoms with Crippen LogP contribution in [0, 0.1) is 0 Å². The minimum Gasteiger partial charge on any atom is -0.342 e. The largest absolute Gasteiger partial charge is 0.342 e. The molecular weight excluding hydrogens is 482 g/mol. The van der Waals surface area contributed by atoms with Crippen molar-refractivity contribution in [3.05, 3.63) is 95.8 Å². The van der Waals surface area contributed by atoms with E-state index in [1.54, 1.807) is 30.3 Å². The maximum absolute atomic E-state index is 12.7. The number of amides is 2. The lowest BCUT2D eigenvalue weighted by atomic mass is 10.1. The molecule has 1 atom stereocenters. The van der Waals surface area contributed by atoms with Gasteiger partial charge in [-0.1, -0.05) is 71.9 Å². The number of thioether (sulfide) groups is 1. The van der Waals surface area contributed by atoms with Crippen molar-refractivity contribution in [2.45, 2.75) is 24.7 Å². The quantitative estimate of drug-likeness (QED) is 0.232. The number of nitrogens with one attached hydrogen (secondary N) is 2. The van der Waals surface area contributed by atoms with Gasteiger partial charge in [0.05, 0.1) is 22.4 Å². The monoisotopic (exact) mass is 505 g/mol. The van der Waals surface area contributed by atoms with E-state index < -0.39 is 6.04 Å². The highest BCUT2D eigenvalue weighted by molar-refractivity contribution is 7.99. The molecule has 0 unspecified atom stereocenters. The Morgan fingerprint density at radius 2 is 1.83 bits per heavy atom. The highest BCUT2D eigenvalue weighted by Gasteiger charge is 2.21. The zero-order chi connectivity index (χ0) is 24.8. The number of carbonyl (C=O) groups is 2. The fourth-order valence-corrected chi connectivity index (χ4v) is 4.58. The molecule has 2 N–H and O–H groups in total. The van der Waals surface area contributed by atoms with E-state index in [1.807, 2.05) is 54.0 Å². The van der Waals surface area contributed by atoms with Crippen LogP contribution >= 0.6 is 23.4 Å². The average Bonchev–Trinajstić information content (AvgIpc) is 3.26. The molecule has 4 rings (SSSR count). The number of benzene rings is 3. The standard InChI is InChI=1S/C26H24ClN5O2S/c1-3-14-32-24(17(2)28-25(34)21-10-6-7-11-22(21)27)30-31-26(32)35-16-23(33)29-20-13-12-18-8-4-5-9-19(18)15-20/h3-13,15,17H,1,14,16H2,2H3,(H,28,34)(H,29,33)/t17-/m1/s1. The van der Waals surface area contributed by atoms with Crippen LogP contribution < -0.4 is 10.6 Å². The van der Waals surface area contributed by atoms with Crippen molar-refractivity contribution >= 4 is 51.6 Å². The summed E-state index contributed by atoms with van der Waals surface area (Å²) in [6, 6.07) is 20.2. The van der Waals surface area contributed by atoms with Gasteiger partial charge in [-0.3, -0.25) is 9.59 Å². The molecular formula is C26H24ClN5O2S. The minimum atomic E-state index is -0.438. The second kappa shape index (κ2) is 11.2. The van der Waals surface area contributed by atoms with Gasteiger partial charge in [0.1, 0.15) is 0 Å². The first-order chi connectivity index (χ1) is 17.0. The summed E-state index contributed by atoms with van der Waals surface area (Å²) in [7, 11) is 0. The molecule has 0 spiro atoms. The molecule has 0 aliphatic heterocycles. The van der Waals surface area contributed by atoms with Crippen LogP contribution in [-0.2, 0) is 11.3 Å². The number of aromatic nitrogens is 3. The van der Waals surface area contributed by atoms with Crippen molar-refractivity contribution in [3.8, 4) is 0 Å². The molecule has 1 aromatic heterocycles. The zero-order valence-electron chi connectivity index (χ0n) is 19.1. The van der Waals surface area contributed by atoms with Crippen LogP contribution in [0.25, 0.3) is 10.8 Å². The highest BCUT2D eigenvalue weighted by Crippen LogP contribution is 2.23. The van der Waals surface area contributed by atoms with E-state index in [9.17, 15) is 9.59 Å². The van der Waals surface area contributed by atoms with Gasteiger partial charge in [0.25, 0.3) is 5.91 Å². The van der Waals surface area contributed by atoms with Crippen molar-refractivity contribution in [2.24, 2.45) is 0 Å². The van der Waals surface area contributed by atoms with E-state index in [2.05, 4.69) is 27.4 Å². The fraction of sp³-hybridized carbons (Fsp3) is 0.154. The summed E-state index contributed by atoms with van der Waals surface area (Å²) in [4.78, 5) is 25.3. The summed E-state index contributed by atoms with van der Waals surface area (Å²) in [5.41, 5.74) is 1.12. The highest BCUT2D eigenvalue weighted by atomic mass is 35.5. The van der Waals surface area contributed by atoms with E-state index >= 15 is 0 Å². The number of hydrogen-bond donors (Lipinski definition) is 2. The molecule has 0 aliphatic carbocycles. The Balaban J connectivity index is 1.42. The predicted molar refractivity (Wildman–Crippen MR) is 141 cm³/mol. The van der Waals surface area contributed by atoms with E-state index in [4.69, 9.17) is 11.6 Å². The van der Waals surface area contributed by atoms with Crippen molar-refractivity contribution in [1.82, 2.24) is 20.1 Å². The lowest BCUT2D eigenvalue weighted by molar-refractivity contribution is -0.113. The molecule has 0 saturated carbocycles. The Kier molecular flexibility index (Phi) is 7.84. The van der Waals surface area contributed by atoms with E-state index in [0.29, 0.717) is 28.1 Å². The van der Waals surface area contributed by atoms with Crippen molar-refractivity contribution in [3.63, 3.8) is 0 Å². The first kappa shape index (κ1) is 24.5. The lowest BCUT2D eigenvalue weighted by Crippen LogP contribution is -2.29. The molecule has 3 aromatic carbocycles. The van der Waals surface area contributed by atoms with Crippen LogP contribution in [-0.4, -0.2) is 32.3 Å². The normalized spacial score (nSPS) is 11.7. The van der Waals surface area contributed by atoms with E-state index in [-0.39, 0.29) is 17.6 Å². The van der Waals surface area contributed by atoms with Gasteiger partial charge in [-0.2, -0.15) is 0 Å². The van der Waals surface area contributed by atoms with Crippen LogP contribution in [0.1, 0.15) is 29.1 Å². The van der Waals surface area contributed by atoms with Gasteiger partial charge in [-0.25, -0.2) is 0 Å². The van der Waals surface area contributed by atoms with Crippen LogP contribution in [0.15, 0.2) is 84.5 Å². The van der Waals surface area contributed by atoms with Gasteiger partial charge in [-0.15, -0.1) is 16.8 Å². The number of allylic oxidation sites excluding steroid dienone is 1. The molecule has 0 bridgehead atoms. The van der Waals surface area contributed by atoms with Crippen LogP contribution in [0.3, 0.4) is 0 Å². The summed E-state index contributed by atoms with van der Waals surface area (Å²) < 4.78 is 1.83. The average molecular weight is 506 g/mol. The second-order valence-electron chi connectivity index (χ2n) is 7.81. The Labute approximate surface area is 212 Å². The number of hydrogen-bond acceptors (Lipinski definition) is 5. The molecule has 1 heterocycles. The van der Waals surface area contributed by atoms with Gasteiger partial charge in [0.15, 0.2) is 11.0 Å². The third-order valence-electron chi connectivity index (χ3n) is 5.28. The number of nitrogens with zero attached hydrogens (tertiary/aromatic N) is 3. The summed E-state index contributed by atoms with van der Waals surface area (Å²) in [5.74, 6) is 0.255. The molecule has 0 radical (unpaired) electrons. The Bertz CT molecular complexity index is 1390. The topological polar surface area (TPSA) is 88.9 Å². The molecule has 178 valence electrons. The van der Waals surface area contributed by atoms with Crippen molar-refractivity contribution in [2.75, 3.05) is 11.1 Å². The van der Waals surface area contributed by atoms with E-state index in [1.165, 1.54) is 11.8 Å². The number of halogens is 1. The Morgan fingerprint density at radius 3 is 2.60 bits per heavy atom. The van der Waals surface area contributed by atoms with Gasteiger partial charge >= 0.3 is 0 Å². The van der Waals surface area contributed by atoms with Crippen molar-refractivity contribution in [1.29, 1.82) is 0 Å². The number of fused-ring (bicyclic) bond motifs is 1. The maximum Gasteiger partial charge on any atom is 0.253 e. The smallest absolute Gasteiger partial charge is 0.253 e. The van der Waals surface area contributed by atoms with Gasteiger partial charge in [0.2, 0.25) is 5.91 Å². The van der Waals surface area contributed by atoms with Crippen LogP contribution in [0.5, 0.6) is 0 Å². The predicted octanol–water partition coefficient (Wildman–Crippen LogP) is 5.49. The summed E-state index contributed by atoms with van der Waals surface area (Å²) in [6.45, 7) is 6.06.